The van der Waals surface area contributed by atoms with Crippen molar-refractivity contribution in [3.8, 4) is 0 Å². The van der Waals surface area contributed by atoms with E-state index in [4.69, 9.17) is 24.4 Å². The number of hydrogen-bond donors (Lipinski definition) is 7. The van der Waals surface area contributed by atoms with Gasteiger partial charge >= 0.3 is 0 Å². The summed E-state index contributed by atoms with van der Waals surface area (Å²) in [4.78, 5) is 0. The molecule has 2 aliphatic heterocycles. The molecule has 22 heavy (non-hydrogen) atoms. The summed E-state index contributed by atoms with van der Waals surface area (Å²) >= 11 is 0. The zero-order chi connectivity index (χ0) is 16.4. The van der Waals surface area contributed by atoms with Crippen LogP contribution in [0.4, 0.5) is 0 Å². The lowest BCUT2D eigenvalue weighted by Gasteiger charge is -2.41. The van der Waals surface area contributed by atoms with Crippen molar-refractivity contribution in [3.05, 3.63) is 12.0 Å². The van der Waals surface area contributed by atoms with Gasteiger partial charge in [-0.2, -0.15) is 0 Å². The molecule has 0 radical (unpaired) electrons. The van der Waals surface area contributed by atoms with Gasteiger partial charge in [-0.1, -0.05) is 0 Å². The molecule has 2 heterocycles. The summed E-state index contributed by atoms with van der Waals surface area (Å²) in [6.45, 7) is -1.15. The van der Waals surface area contributed by atoms with Gasteiger partial charge in [0.15, 0.2) is 5.76 Å². The van der Waals surface area contributed by atoms with Crippen LogP contribution in [0.3, 0.4) is 0 Å². The van der Waals surface area contributed by atoms with E-state index in [1.54, 1.807) is 0 Å². The molecule has 0 aromatic carbocycles. The summed E-state index contributed by atoms with van der Waals surface area (Å²) in [6, 6.07) is 0. The quantitative estimate of drug-likeness (QED) is 0.269. The molecular weight excluding hydrogens is 304 g/mol. The van der Waals surface area contributed by atoms with Gasteiger partial charge in [0.05, 0.1) is 13.2 Å². The minimum atomic E-state index is -1.65. The first kappa shape index (κ1) is 17.4. The van der Waals surface area contributed by atoms with Crippen molar-refractivity contribution in [3.63, 3.8) is 0 Å². The minimum Gasteiger partial charge on any atom is -0.489 e. The molecule has 0 unspecified atom stereocenters. The summed E-state index contributed by atoms with van der Waals surface area (Å²) in [5, 5.41) is 66.6. The molecule has 8 atom stereocenters. The summed E-state index contributed by atoms with van der Waals surface area (Å²) < 4.78 is 15.2. The largest absolute Gasteiger partial charge is 0.489 e. The molecule has 0 amide bonds. The predicted octanol–water partition coefficient (Wildman–Crippen LogP) is -4.24. The lowest BCUT2D eigenvalue weighted by Crippen LogP contribution is -2.59. The van der Waals surface area contributed by atoms with Crippen LogP contribution in [0.15, 0.2) is 12.0 Å². The zero-order valence-electron chi connectivity index (χ0n) is 11.5. The molecule has 0 aliphatic carbocycles. The average Bonchev–Trinajstić information content (AvgIpc) is 2.52. The van der Waals surface area contributed by atoms with Crippen LogP contribution in [0.25, 0.3) is 0 Å². The Morgan fingerprint density at radius 1 is 0.864 bits per heavy atom. The molecule has 10 nitrogen and oxygen atoms in total. The molecule has 7 N–H and O–H groups in total. The van der Waals surface area contributed by atoms with Gasteiger partial charge in [0.1, 0.15) is 49.0 Å². The summed E-state index contributed by atoms with van der Waals surface area (Å²) in [6.07, 6.45) is -10.6. The number of rotatable bonds is 4. The maximum Gasteiger partial charge on any atom is 0.229 e. The lowest BCUT2D eigenvalue weighted by molar-refractivity contribution is -0.297. The van der Waals surface area contributed by atoms with E-state index in [2.05, 4.69) is 0 Å². The smallest absolute Gasteiger partial charge is 0.229 e. The van der Waals surface area contributed by atoms with Crippen LogP contribution < -0.4 is 0 Å². The van der Waals surface area contributed by atoms with E-state index in [9.17, 15) is 25.5 Å². The van der Waals surface area contributed by atoms with Crippen molar-refractivity contribution in [2.45, 2.75) is 49.0 Å². The number of hydrogen-bond acceptors (Lipinski definition) is 10. The second kappa shape index (κ2) is 7.06. The Labute approximate surface area is 125 Å². The SMILES string of the molecule is OC[C@H]1O[C@@H](OC2=CO[C@H](CO)[C@@H](O)[C@@H]2O)[C@H](O)[C@@H](O)[C@H]1O. The first-order valence-electron chi connectivity index (χ1n) is 6.70. The third kappa shape index (κ3) is 3.19. The first-order valence-corrected chi connectivity index (χ1v) is 6.70. The second-order valence-electron chi connectivity index (χ2n) is 5.13. The number of aliphatic hydroxyl groups excluding tert-OH is 7. The number of aliphatic hydroxyl groups is 7. The maximum atomic E-state index is 9.86. The van der Waals surface area contributed by atoms with E-state index in [-0.39, 0.29) is 5.76 Å². The van der Waals surface area contributed by atoms with E-state index < -0.39 is 62.2 Å². The Bertz CT molecular complexity index is 399. The maximum absolute atomic E-state index is 9.86. The molecule has 1 fully saturated rings. The summed E-state index contributed by atoms with van der Waals surface area (Å²) in [5.74, 6) is -0.290. The van der Waals surface area contributed by atoms with Crippen LogP contribution in [0.5, 0.6) is 0 Å². The fraction of sp³-hybridized carbons (Fsp3) is 0.833. The van der Waals surface area contributed by atoms with Crippen LogP contribution in [0, 0.1) is 0 Å². The molecule has 2 rings (SSSR count). The Balaban J connectivity index is 2.07. The Hall–Kier alpha value is -0.980. The number of ether oxygens (including phenoxy) is 3. The van der Waals surface area contributed by atoms with Gasteiger partial charge in [-0.15, -0.1) is 0 Å². The highest BCUT2D eigenvalue weighted by Crippen LogP contribution is 2.27. The van der Waals surface area contributed by atoms with Gasteiger partial charge in [-0.25, -0.2) is 0 Å². The van der Waals surface area contributed by atoms with Crippen LogP contribution in [0.2, 0.25) is 0 Å². The lowest BCUT2D eigenvalue weighted by atomic mass is 9.99. The van der Waals surface area contributed by atoms with Gasteiger partial charge in [-0.3, -0.25) is 0 Å². The minimum absolute atomic E-state index is 0.290. The van der Waals surface area contributed by atoms with E-state index in [1.807, 2.05) is 0 Å². The molecule has 10 heteroatoms. The van der Waals surface area contributed by atoms with E-state index in [1.165, 1.54) is 0 Å². The van der Waals surface area contributed by atoms with Crippen molar-refractivity contribution in [1.29, 1.82) is 0 Å². The van der Waals surface area contributed by atoms with Crippen LogP contribution in [0.1, 0.15) is 0 Å². The Kier molecular flexibility index (Phi) is 5.58. The highest BCUT2D eigenvalue weighted by molar-refractivity contribution is 5.06. The molecule has 128 valence electrons. The normalized spacial score (nSPS) is 45.9. The van der Waals surface area contributed by atoms with Crippen LogP contribution >= 0.6 is 0 Å². The average molecular weight is 324 g/mol. The van der Waals surface area contributed by atoms with Crippen LogP contribution in [-0.4, -0.2) is 98.0 Å². The molecule has 0 aromatic heterocycles. The molecule has 0 bridgehead atoms. The standard InChI is InChI=1S/C12H20O10/c13-1-4-7(15)9(17)6(3-20-4)22-12-11(19)10(18)8(16)5(2-14)21-12/h3-5,7-19H,1-2H2/t4-,5-,7-,8+,9-,10+,11-,12+/m1/s1. The highest BCUT2D eigenvalue weighted by atomic mass is 16.7. The third-order valence-electron chi connectivity index (χ3n) is 3.64. The first-order chi connectivity index (χ1) is 10.4. The van der Waals surface area contributed by atoms with Gasteiger partial charge in [-0.05, 0) is 0 Å². The van der Waals surface area contributed by atoms with Crippen LogP contribution in [-0.2, 0) is 14.2 Å². The fourth-order valence-electron chi connectivity index (χ4n) is 2.22. The van der Waals surface area contributed by atoms with Crippen molar-refractivity contribution >= 4 is 0 Å². The molecular formula is C12H20O10. The molecule has 2 aliphatic rings. The topological polar surface area (TPSA) is 169 Å². The Morgan fingerprint density at radius 2 is 1.50 bits per heavy atom. The predicted molar refractivity (Wildman–Crippen MR) is 66.9 cm³/mol. The van der Waals surface area contributed by atoms with Crippen molar-refractivity contribution in [2.75, 3.05) is 13.2 Å². The second-order valence-corrected chi connectivity index (χ2v) is 5.13. The Morgan fingerprint density at radius 3 is 2.09 bits per heavy atom. The molecule has 0 spiro atoms. The van der Waals surface area contributed by atoms with E-state index in [0.717, 1.165) is 6.26 Å². The van der Waals surface area contributed by atoms with Gasteiger partial charge in [0.2, 0.25) is 6.29 Å². The monoisotopic (exact) mass is 324 g/mol. The van der Waals surface area contributed by atoms with E-state index in [0.29, 0.717) is 0 Å². The van der Waals surface area contributed by atoms with Gasteiger partial charge in [0.25, 0.3) is 0 Å². The van der Waals surface area contributed by atoms with Crippen molar-refractivity contribution in [2.24, 2.45) is 0 Å². The van der Waals surface area contributed by atoms with Gasteiger partial charge < -0.3 is 50.0 Å². The van der Waals surface area contributed by atoms with Crippen molar-refractivity contribution < 1.29 is 50.0 Å². The summed E-state index contributed by atoms with van der Waals surface area (Å²) in [7, 11) is 0. The molecule has 0 aromatic rings. The van der Waals surface area contributed by atoms with E-state index >= 15 is 0 Å². The van der Waals surface area contributed by atoms with Gasteiger partial charge in [0, 0.05) is 0 Å². The highest BCUT2D eigenvalue weighted by Gasteiger charge is 2.46. The molecule has 1 saturated heterocycles. The van der Waals surface area contributed by atoms with Crippen molar-refractivity contribution in [1.82, 2.24) is 0 Å². The summed E-state index contributed by atoms with van der Waals surface area (Å²) in [5.41, 5.74) is 0. The fourth-order valence-corrected chi connectivity index (χ4v) is 2.22. The third-order valence-corrected chi connectivity index (χ3v) is 3.64. The zero-order valence-corrected chi connectivity index (χ0v) is 11.5. The molecule has 0 saturated carbocycles.